The first kappa shape index (κ1) is 13.9. The third-order valence-corrected chi connectivity index (χ3v) is 4.12. The molecule has 1 aliphatic rings. The summed E-state index contributed by atoms with van der Waals surface area (Å²) in [6, 6.07) is 3.86. The van der Waals surface area contributed by atoms with Crippen molar-refractivity contribution >= 4 is 5.82 Å². The van der Waals surface area contributed by atoms with E-state index in [0.717, 1.165) is 41.4 Å². The molecular formula is C16H18N6O. The standard InChI is InChI=1S/C16H18N6O/c1-9-13(10(2)21-20-9)8-18-14-6-5-12(7-17-14)16-19-15(22-23-16)11-3-4-11/h5-7,11H,3-4,8H2,1-2H3,(H,17,18)(H,20,21). The van der Waals surface area contributed by atoms with Gasteiger partial charge >= 0.3 is 0 Å². The molecular weight excluding hydrogens is 292 g/mol. The van der Waals surface area contributed by atoms with Crippen LogP contribution in [0.1, 0.15) is 41.5 Å². The van der Waals surface area contributed by atoms with Gasteiger partial charge in [-0.1, -0.05) is 5.16 Å². The molecule has 7 heteroatoms. The first-order valence-electron chi connectivity index (χ1n) is 7.75. The molecule has 118 valence electrons. The van der Waals surface area contributed by atoms with Gasteiger partial charge < -0.3 is 9.84 Å². The Kier molecular flexibility index (Phi) is 3.33. The Labute approximate surface area is 133 Å². The average molecular weight is 310 g/mol. The van der Waals surface area contributed by atoms with Crippen LogP contribution in [0.25, 0.3) is 11.5 Å². The maximum absolute atomic E-state index is 5.31. The van der Waals surface area contributed by atoms with Crippen LogP contribution in [0.5, 0.6) is 0 Å². The molecule has 1 fully saturated rings. The molecule has 0 unspecified atom stereocenters. The predicted octanol–water partition coefficient (Wildman–Crippen LogP) is 2.96. The summed E-state index contributed by atoms with van der Waals surface area (Å²) in [6.45, 7) is 4.69. The first-order chi connectivity index (χ1) is 11.2. The molecule has 3 aromatic rings. The van der Waals surface area contributed by atoms with E-state index in [9.17, 15) is 0 Å². The number of hydrogen-bond acceptors (Lipinski definition) is 6. The van der Waals surface area contributed by atoms with Crippen molar-refractivity contribution in [1.82, 2.24) is 25.3 Å². The average Bonchev–Trinajstić information content (AvgIpc) is 3.21. The van der Waals surface area contributed by atoms with Crippen molar-refractivity contribution in [3.8, 4) is 11.5 Å². The minimum atomic E-state index is 0.489. The third kappa shape index (κ3) is 2.81. The van der Waals surface area contributed by atoms with Crippen molar-refractivity contribution in [1.29, 1.82) is 0 Å². The highest BCUT2D eigenvalue weighted by atomic mass is 16.5. The van der Waals surface area contributed by atoms with Crippen LogP contribution < -0.4 is 5.32 Å². The molecule has 1 aliphatic carbocycles. The van der Waals surface area contributed by atoms with Crippen LogP contribution in [-0.4, -0.2) is 25.3 Å². The fourth-order valence-corrected chi connectivity index (χ4v) is 2.50. The van der Waals surface area contributed by atoms with Gasteiger partial charge in [-0.25, -0.2) is 4.98 Å². The smallest absolute Gasteiger partial charge is 0.259 e. The van der Waals surface area contributed by atoms with Crippen LogP contribution in [0.4, 0.5) is 5.82 Å². The Balaban J connectivity index is 1.45. The van der Waals surface area contributed by atoms with Gasteiger partial charge in [0.05, 0.1) is 11.3 Å². The number of hydrogen-bond donors (Lipinski definition) is 2. The molecule has 4 rings (SSSR count). The Morgan fingerprint density at radius 3 is 2.83 bits per heavy atom. The van der Waals surface area contributed by atoms with Gasteiger partial charge in [-0.05, 0) is 38.8 Å². The van der Waals surface area contributed by atoms with E-state index in [1.54, 1.807) is 6.20 Å². The zero-order chi connectivity index (χ0) is 15.8. The van der Waals surface area contributed by atoms with E-state index in [2.05, 4.69) is 30.6 Å². The van der Waals surface area contributed by atoms with Gasteiger partial charge in [0.2, 0.25) is 0 Å². The molecule has 3 aromatic heterocycles. The molecule has 0 saturated heterocycles. The molecule has 0 atom stereocenters. The quantitative estimate of drug-likeness (QED) is 0.752. The fourth-order valence-electron chi connectivity index (χ4n) is 2.50. The van der Waals surface area contributed by atoms with Crippen molar-refractivity contribution < 1.29 is 4.52 Å². The second-order valence-corrected chi connectivity index (χ2v) is 5.93. The number of rotatable bonds is 5. The molecule has 0 radical (unpaired) electrons. The zero-order valence-corrected chi connectivity index (χ0v) is 13.1. The highest BCUT2D eigenvalue weighted by Crippen LogP contribution is 2.38. The highest BCUT2D eigenvalue weighted by Gasteiger charge is 2.28. The SMILES string of the molecule is Cc1n[nH]c(C)c1CNc1ccc(-c2nc(C3CC3)no2)cn1. The highest BCUT2D eigenvalue weighted by molar-refractivity contribution is 5.54. The van der Waals surface area contributed by atoms with Crippen molar-refractivity contribution in [3.05, 3.63) is 41.1 Å². The summed E-state index contributed by atoms with van der Waals surface area (Å²) < 4.78 is 5.31. The summed E-state index contributed by atoms with van der Waals surface area (Å²) in [4.78, 5) is 8.85. The minimum absolute atomic E-state index is 0.489. The van der Waals surface area contributed by atoms with Crippen molar-refractivity contribution in [2.24, 2.45) is 0 Å². The van der Waals surface area contributed by atoms with Crippen LogP contribution in [0, 0.1) is 13.8 Å². The van der Waals surface area contributed by atoms with Crippen LogP contribution in [0.15, 0.2) is 22.9 Å². The lowest BCUT2D eigenvalue weighted by molar-refractivity contribution is 0.422. The Hall–Kier alpha value is -2.70. The molecule has 0 aliphatic heterocycles. The van der Waals surface area contributed by atoms with E-state index >= 15 is 0 Å². The van der Waals surface area contributed by atoms with E-state index in [0.29, 0.717) is 18.4 Å². The largest absolute Gasteiger partial charge is 0.366 e. The van der Waals surface area contributed by atoms with Gasteiger partial charge in [0, 0.05) is 29.9 Å². The summed E-state index contributed by atoms with van der Waals surface area (Å²) in [5.41, 5.74) is 4.09. The molecule has 3 heterocycles. The molecule has 0 amide bonds. The number of H-pyrrole nitrogens is 1. The molecule has 2 N–H and O–H groups in total. The Morgan fingerprint density at radius 1 is 1.30 bits per heavy atom. The molecule has 7 nitrogen and oxygen atoms in total. The minimum Gasteiger partial charge on any atom is -0.366 e. The van der Waals surface area contributed by atoms with E-state index in [1.807, 2.05) is 26.0 Å². The summed E-state index contributed by atoms with van der Waals surface area (Å²) in [5, 5.41) is 14.5. The fraction of sp³-hybridized carbons (Fsp3) is 0.375. The Morgan fingerprint density at radius 2 is 2.17 bits per heavy atom. The Bertz CT molecular complexity index is 796. The number of aryl methyl sites for hydroxylation is 2. The maximum atomic E-state index is 5.31. The second-order valence-electron chi connectivity index (χ2n) is 5.93. The number of nitrogens with zero attached hydrogens (tertiary/aromatic N) is 4. The summed E-state index contributed by atoms with van der Waals surface area (Å²) in [5.74, 6) is 2.64. The number of aromatic amines is 1. The van der Waals surface area contributed by atoms with Crippen molar-refractivity contribution in [2.45, 2.75) is 39.2 Å². The van der Waals surface area contributed by atoms with Crippen LogP contribution in [0.3, 0.4) is 0 Å². The van der Waals surface area contributed by atoms with Gasteiger partial charge in [-0.15, -0.1) is 0 Å². The van der Waals surface area contributed by atoms with E-state index in [-0.39, 0.29) is 0 Å². The molecule has 0 bridgehead atoms. The van der Waals surface area contributed by atoms with Gasteiger partial charge in [-0.2, -0.15) is 10.1 Å². The van der Waals surface area contributed by atoms with Crippen LogP contribution >= 0.6 is 0 Å². The summed E-state index contributed by atoms with van der Waals surface area (Å²) >= 11 is 0. The van der Waals surface area contributed by atoms with Crippen molar-refractivity contribution in [3.63, 3.8) is 0 Å². The van der Waals surface area contributed by atoms with Crippen LogP contribution in [0.2, 0.25) is 0 Å². The second kappa shape index (κ2) is 5.49. The number of pyridine rings is 1. The molecule has 1 saturated carbocycles. The van der Waals surface area contributed by atoms with Gasteiger partial charge in [0.25, 0.3) is 5.89 Å². The molecule has 23 heavy (non-hydrogen) atoms. The topological polar surface area (TPSA) is 92.5 Å². The van der Waals surface area contributed by atoms with E-state index in [4.69, 9.17) is 4.52 Å². The number of anilines is 1. The maximum Gasteiger partial charge on any atom is 0.259 e. The van der Waals surface area contributed by atoms with Crippen molar-refractivity contribution in [2.75, 3.05) is 5.32 Å². The number of nitrogens with one attached hydrogen (secondary N) is 2. The molecule has 0 spiro atoms. The monoisotopic (exact) mass is 310 g/mol. The zero-order valence-electron chi connectivity index (χ0n) is 13.1. The molecule has 0 aromatic carbocycles. The predicted molar refractivity (Wildman–Crippen MR) is 84.9 cm³/mol. The summed E-state index contributed by atoms with van der Waals surface area (Å²) in [6.07, 6.45) is 4.07. The van der Waals surface area contributed by atoms with Crippen LogP contribution in [-0.2, 0) is 6.54 Å². The third-order valence-electron chi connectivity index (χ3n) is 4.12. The lowest BCUT2D eigenvalue weighted by atomic mass is 10.2. The first-order valence-corrected chi connectivity index (χ1v) is 7.75. The van der Waals surface area contributed by atoms with Gasteiger partial charge in [-0.3, -0.25) is 5.10 Å². The van der Waals surface area contributed by atoms with E-state index in [1.165, 1.54) is 5.56 Å². The number of aromatic nitrogens is 5. The normalized spacial score (nSPS) is 14.2. The van der Waals surface area contributed by atoms with Gasteiger partial charge in [0.1, 0.15) is 5.82 Å². The lowest BCUT2D eigenvalue weighted by Gasteiger charge is -2.06. The van der Waals surface area contributed by atoms with E-state index < -0.39 is 0 Å². The van der Waals surface area contributed by atoms with Gasteiger partial charge in [0.15, 0.2) is 5.82 Å². The lowest BCUT2D eigenvalue weighted by Crippen LogP contribution is -2.03. The summed E-state index contributed by atoms with van der Waals surface area (Å²) in [7, 11) is 0.